The summed E-state index contributed by atoms with van der Waals surface area (Å²) >= 11 is 0. The number of hydrogen-bond donors (Lipinski definition) is 0. The molecule has 0 saturated carbocycles. The minimum absolute atomic E-state index is 0.510. The number of likely N-dealkylation sites (tertiary alicyclic amines) is 1. The number of aromatic nitrogens is 5. The van der Waals surface area contributed by atoms with Gasteiger partial charge < -0.3 is 9.30 Å². The Labute approximate surface area is 224 Å². The van der Waals surface area contributed by atoms with E-state index in [0.29, 0.717) is 11.8 Å². The van der Waals surface area contributed by atoms with Gasteiger partial charge in [-0.25, -0.2) is 14.6 Å². The summed E-state index contributed by atoms with van der Waals surface area (Å²) in [5.74, 6) is 3.98. The van der Waals surface area contributed by atoms with Crippen molar-refractivity contribution in [3.8, 4) is 11.4 Å². The molecule has 1 fully saturated rings. The zero-order valence-electron chi connectivity index (χ0n) is 22.3. The molecule has 7 nitrogen and oxygen atoms in total. The Hall–Kier alpha value is -3.71. The van der Waals surface area contributed by atoms with Crippen LogP contribution in [0.25, 0.3) is 17.8 Å². The summed E-state index contributed by atoms with van der Waals surface area (Å²) in [6.45, 7) is 6.32. The molecule has 0 unspecified atom stereocenters. The largest absolute Gasteiger partial charge is 0.495 e. The fourth-order valence-corrected chi connectivity index (χ4v) is 6.01. The maximum absolute atomic E-state index is 5.67. The first-order chi connectivity index (χ1) is 18.7. The molecule has 196 valence electrons. The maximum atomic E-state index is 5.67. The van der Waals surface area contributed by atoms with Crippen molar-refractivity contribution >= 4 is 12.2 Å². The fraction of sp³-hybridized carbons (Fsp3) is 0.387. The second-order valence-electron chi connectivity index (χ2n) is 10.6. The third-order valence-electron chi connectivity index (χ3n) is 8.00. The molecule has 2 aromatic heterocycles. The fourth-order valence-electron chi connectivity index (χ4n) is 6.01. The van der Waals surface area contributed by atoms with Crippen LogP contribution in [0.5, 0.6) is 5.75 Å². The van der Waals surface area contributed by atoms with Gasteiger partial charge in [-0.2, -0.15) is 5.10 Å². The molecule has 1 atom stereocenters. The van der Waals surface area contributed by atoms with Crippen LogP contribution in [-0.2, 0) is 13.1 Å². The monoisotopic (exact) mass is 508 g/mol. The van der Waals surface area contributed by atoms with Gasteiger partial charge in [0.25, 0.3) is 0 Å². The van der Waals surface area contributed by atoms with Crippen LogP contribution in [0.2, 0.25) is 0 Å². The van der Waals surface area contributed by atoms with Crippen molar-refractivity contribution in [1.82, 2.24) is 29.2 Å². The summed E-state index contributed by atoms with van der Waals surface area (Å²) in [6.07, 6.45) is 12.8. The Morgan fingerprint density at radius 1 is 1.00 bits per heavy atom. The van der Waals surface area contributed by atoms with Crippen LogP contribution in [0.4, 0.5) is 0 Å². The first kappa shape index (κ1) is 24.6. The molecule has 0 radical (unpaired) electrons. The van der Waals surface area contributed by atoms with Crippen LogP contribution >= 0.6 is 0 Å². The highest BCUT2D eigenvalue weighted by molar-refractivity contribution is 5.69. The summed E-state index contributed by atoms with van der Waals surface area (Å²) in [5.41, 5.74) is 4.40. The molecule has 6 rings (SSSR count). The second-order valence-corrected chi connectivity index (χ2v) is 10.6. The van der Waals surface area contributed by atoms with Crippen LogP contribution in [0.3, 0.4) is 0 Å². The standard InChI is InChI=1S/C31H36N6O/c1-23-20-36(22-32-23)28-12-10-24(19-29(28)38-2)11-13-30-33-31-27(9-6-16-37(31)34-30)26-14-17-35(18-15-26)21-25-7-4-3-5-8-25/h3-5,7-8,10-13,19-20,22,26-27H,6,9,14-18,21H2,1-2H3/b13-11+/t27-/m1/s1. The highest BCUT2D eigenvalue weighted by Gasteiger charge is 2.33. The molecule has 38 heavy (non-hydrogen) atoms. The molecular formula is C31H36N6O. The predicted molar refractivity (Wildman–Crippen MR) is 150 cm³/mol. The Bertz CT molecular complexity index is 1400. The number of ether oxygens (including phenoxy) is 1. The van der Waals surface area contributed by atoms with E-state index >= 15 is 0 Å². The third kappa shape index (κ3) is 5.29. The van der Waals surface area contributed by atoms with Gasteiger partial charge in [0, 0.05) is 25.2 Å². The first-order valence-electron chi connectivity index (χ1n) is 13.7. The molecule has 0 amide bonds. The van der Waals surface area contributed by atoms with Crippen molar-refractivity contribution in [3.63, 3.8) is 0 Å². The number of hydrogen-bond acceptors (Lipinski definition) is 5. The Morgan fingerprint density at radius 3 is 2.61 bits per heavy atom. The average Bonchev–Trinajstić information content (AvgIpc) is 3.58. The number of benzene rings is 2. The molecule has 0 bridgehead atoms. The van der Waals surface area contributed by atoms with Crippen LogP contribution in [0.15, 0.2) is 61.1 Å². The van der Waals surface area contributed by atoms with E-state index in [1.807, 2.05) is 36.2 Å². The highest BCUT2D eigenvalue weighted by atomic mass is 16.5. The highest BCUT2D eigenvalue weighted by Crippen LogP contribution is 2.38. The minimum atomic E-state index is 0.510. The molecule has 2 aromatic carbocycles. The summed E-state index contributed by atoms with van der Waals surface area (Å²) < 4.78 is 9.82. The van der Waals surface area contributed by atoms with Gasteiger partial charge in [0.2, 0.25) is 0 Å². The second kappa shape index (κ2) is 11.0. The van der Waals surface area contributed by atoms with Gasteiger partial charge >= 0.3 is 0 Å². The van der Waals surface area contributed by atoms with Gasteiger partial charge in [0.1, 0.15) is 11.6 Å². The van der Waals surface area contributed by atoms with Gasteiger partial charge in [0.05, 0.1) is 24.8 Å². The van der Waals surface area contributed by atoms with E-state index in [2.05, 4.69) is 63.1 Å². The van der Waals surface area contributed by atoms with Gasteiger partial charge in [-0.05, 0) is 81.0 Å². The molecule has 0 N–H and O–H groups in total. The molecule has 2 aliphatic heterocycles. The number of nitrogens with zero attached hydrogens (tertiary/aromatic N) is 6. The van der Waals surface area contributed by atoms with E-state index in [4.69, 9.17) is 14.8 Å². The average molecular weight is 509 g/mol. The molecule has 0 aliphatic carbocycles. The normalized spacial score (nSPS) is 18.6. The van der Waals surface area contributed by atoms with Crippen molar-refractivity contribution in [3.05, 3.63) is 89.5 Å². The zero-order valence-corrected chi connectivity index (χ0v) is 22.3. The maximum Gasteiger partial charge on any atom is 0.174 e. The summed E-state index contributed by atoms with van der Waals surface area (Å²) in [4.78, 5) is 12.0. The van der Waals surface area contributed by atoms with E-state index < -0.39 is 0 Å². The van der Waals surface area contributed by atoms with Crippen LogP contribution in [-0.4, -0.2) is 49.4 Å². The Kier molecular flexibility index (Phi) is 7.10. The first-order valence-corrected chi connectivity index (χ1v) is 13.7. The van der Waals surface area contributed by atoms with E-state index in [1.54, 1.807) is 7.11 Å². The number of piperidine rings is 1. The SMILES string of the molecule is COc1cc(/C=C/c2nc3n(n2)CCC[C@@H]3C2CCN(Cc3ccccc3)CC2)ccc1-n1cnc(C)c1. The van der Waals surface area contributed by atoms with Crippen molar-refractivity contribution in [2.45, 2.75) is 51.6 Å². The number of rotatable bonds is 7. The van der Waals surface area contributed by atoms with Gasteiger partial charge in [-0.15, -0.1) is 0 Å². The van der Waals surface area contributed by atoms with Crippen molar-refractivity contribution < 1.29 is 4.74 Å². The number of fused-ring (bicyclic) bond motifs is 1. The van der Waals surface area contributed by atoms with Crippen LogP contribution in [0, 0.1) is 12.8 Å². The predicted octanol–water partition coefficient (Wildman–Crippen LogP) is 5.74. The van der Waals surface area contributed by atoms with Gasteiger partial charge in [-0.3, -0.25) is 4.90 Å². The lowest BCUT2D eigenvalue weighted by Gasteiger charge is -2.37. The number of aryl methyl sites for hydroxylation is 2. The van der Waals surface area contributed by atoms with Crippen molar-refractivity contribution in [1.29, 1.82) is 0 Å². The van der Waals surface area contributed by atoms with Gasteiger partial charge in [-0.1, -0.05) is 42.5 Å². The smallest absolute Gasteiger partial charge is 0.174 e. The van der Waals surface area contributed by atoms with Crippen LogP contribution in [0.1, 0.15) is 60.1 Å². The van der Waals surface area contributed by atoms with E-state index in [-0.39, 0.29) is 0 Å². The quantitative estimate of drug-likeness (QED) is 0.319. The summed E-state index contributed by atoms with van der Waals surface area (Å²) in [7, 11) is 1.70. The number of imidazole rings is 1. The van der Waals surface area contributed by atoms with E-state index in [9.17, 15) is 0 Å². The molecule has 7 heteroatoms. The Balaban J connectivity index is 1.13. The van der Waals surface area contributed by atoms with E-state index in [1.165, 1.54) is 37.1 Å². The van der Waals surface area contributed by atoms with E-state index in [0.717, 1.165) is 54.7 Å². The topological polar surface area (TPSA) is 61.0 Å². The Morgan fingerprint density at radius 2 is 1.84 bits per heavy atom. The lowest BCUT2D eigenvalue weighted by molar-refractivity contribution is 0.149. The molecule has 0 spiro atoms. The molecule has 2 aliphatic rings. The molecule has 4 aromatic rings. The lowest BCUT2D eigenvalue weighted by atomic mass is 9.80. The number of methoxy groups -OCH3 is 1. The lowest BCUT2D eigenvalue weighted by Crippen LogP contribution is -2.36. The third-order valence-corrected chi connectivity index (χ3v) is 8.00. The minimum Gasteiger partial charge on any atom is -0.495 e. The van der Waals surface area contributed by atoms with Crippen LogP contribution < -0.4 is 4.74 Å². The van der Waals surface area contributed by atoms with Crippen molar-refractivity contribution in [2.75, 3.05) is 20.2 Å². The summed E-state index contributed by atoms with van der Waals surface area (Å²) in [6, 6.07) is 17.0. The zero-order chi connectivity index (χ0) is 25.9. The van der Waals surface area contributed by atoms with Crippen molar-refractivity contribution in [2.24, 2.45) is 5.92 Å². The summed E-state index contributed by atoms with van der Waals surface area (Å²) in [5, 5.41) is 4.86. The van der Waals surface area contributed by atoms with Gasteiger partial charge in [0.15, 0.2) is 5.82 Å². The molecule has 4 heterocycles. The molecular weight excluding hydrogens is 472 g/mol. The molecule has 1 saturated heterocycles.